The molecule has 2 heterocycles. The molecule has 0 atom stereocenters. The number of hydrogen-bond acceptors (Lipinski definition) is 7. The van der Waals surface area contributed by atoms with Gasteiger partial charge in [0.1, 0.15) is 12.1 Å². The molecule has 0 spiro atoms. The summed E-state index contributed by atoms with van der Waals surface area (Å²) >= 11 is 5.93. The Morgan fingerprint density at radius 2 is 1.85 bits per heavy atom. The Kier molecular flexibility index (Phi) is 7.24. The van der Waals surface area contributed by atoms with Gasteiger partial charge in [0, 0.05) is 36.4 Å². The maximum Gasteiger partial charge on any atom is 0.232 e. The van der Waals surface area contributed by atoms with E-state index in [0.29, 0.717) is 29.4 Å². The molecule has 0 radical (unpaired) electrons. The van der Waals surface area contributed by atoms with Crippen LogP contribution in [0.25, 0.3) is 0 Å². The Hall–Kier alpha value is -3.39. The predicted octanol–water partition coefficient (Wildman–Crippen LogP) is 4.83. The minimum atomic E-state index is -0.111. The molecule has 1 saturated heterocycles. The van der Waals surface area contributed by atoms with E-state index in [1.54, 1.807) is 0 Å². The molecule has 0 unspecified atom stereocenters. The zero-order chi connectivity index (χ0) is 23.2. The molecular weight excluding hydrogens is 440 g/mol. The van der Waals surface area contributed by atoms with Gasteiger partial charge in [-0.25, -0.2) is 9.97 Å². The Morgan fingerprint density at radius 1 is 1.12 bits per heavy atom. The molecule has 2 N–H and O–H groups in total. The van der Waals surface area contributed by atoms with E-state index in [9.17, 15) is 4.79 Å². The predicted molar refractivity (Wildman–Crippen MR) is 130 cm³/mol. The van der Waals surface area contributed by atoms with E-state index in [0.717, 1.165) is 48.6 Å². The lowest BCUT2D eigenvalue weighted by Crippen LogP contribution is -2.36. The first kappa shape index (κ1) is 22.8. The molecule has 9 heteroatoms. The molecule has 1 fully saturated rings. The van der Waals surface area contributed by atoms with E-state index in [2.05, 4.69) is 30.5 Å². The molecule has 3 aromatic rings. The summed E-state index contributed by atoms with van der Waals surface area (Å²) < 4.78 is 5.92. The first-order valence-electron chi connectivity index (χ1n) is 10.9. The maximum absolute atomic E-state index is 11.4. The van der Waals surface area contributed by atoms with E-state index in [4.69, 9.17) is 16.3 Å². The van der Waals surface area contributed by atoms with Gasteiger partial charge in [-0.05, 0) is 67.6 Å². The average Bonchev–Trinajstić information content (AvgIpc) is 2.82. The summed E-state index contributed by atoms with van der Waals surface area (Å²) in [6.45, 7) is 5.82. The lowest BCUT2D eigenvalue weighted by Gasteiger charge is -2.31. The van der Waals surface area contributed by atoms with Crippen molar-refractivity contribution < 1.29 is 9.53 Å². The Morgan fingerprint density at radius 3 is 2.58 bits per heavy atom. The number of anilines is 4. The molecule has 4 rings (SSSR count). The molecule has 0 saturated carbocycles. The van der Waals surface area contributed by atoms with Crippen LogP contribution in [-0.4, -0.2) is 40.6 Å². The highest BCUT2D eigenvalue weighted by atomic mass is 35.5. The van der Waals surface area contributed by atoms with E-state index in [1.807, 2.05) is 49.4 Å². The van der Waals surface area contributed by atoms with Gasteiger partial charge in [0.25, 0.3) is 0 Å². The third kappa shape index (κ3) is 6.10. The highest BCUT2D eigenvalue weighted by Crippen LogP contribution is 2.27. The SMILES string of the molecule is CC(=O)Nc1cccc(Nc2ncnc(N3CCC(COc4ccc(Cl)cc4)CC3)n2)c1C. The van der Waals surface area contributed by atoms with Crippen LogP contribution in [0.2, 0.25) is 5.02 Å². The zero-order valence-corrected chi connectivity index (χ0v) is 19.5. The fraction of sp³-hybridized carbons (Fsp3) is 0.333. The highest BCUT2D eigenvalue weighted by Gasteiger charge is 2.22. The van der Waals surface area contributed by atoms with Crippen LogP contribution in [0.3, 0.4) is 0 Å². The van der Waals surface area contributed by atoms with Gasteiger partial charge in [-0.15, -0.1) is 0 Å². The summed E-state index contributed by atoms with van der Waals surface area (Å²) in [5.74, 6) is 2.33. The third-order valence-corrected chi connectivity index (χ3v) is 5.90. The van der Waals surface area contributed by atoms with E-state index in [-0.39, 0.29) is 5.91 Å². The number of ether oxygens (including phenoxy) is 1. The molecule has 1 aliphatic rings. The van der Waals surface area contributed by atoms with E-state index >= 15 is 0 Å². The highest BCUT2D eigenvalue weighted by molar-refractivity contribution is 6.30. The summed E-state index contributed by atoms with van der Waals surface area (Å²) in [6, 6.07) is 13.1. The molecule has 2 aromatic carbocycles. The smallest absolute Gasteiger partial charge is 0.232 e. The average molecular weight is 467 g/mol. The molecule has 8 nitrogen and oxygen atoms in total. The molecular formula is C24H27ClN6O2. The quantitative estimate of drug-likeness (QED) is 0.515. The monoisotopic (exact) mass is 466 g/mol. The lowest BCUT2D eigenvalue weighted by atomic mass is 9.98. The number of piperidine rings is 1. The standard InChI is InChI=1S/C24H27ClN6O2/c1-16-21(28-17(2)32)4-3-5-22(16)29-23-26-15-27-24(30-23)31-12-10-18(11-13-31)14-33-20-8-6-19(25)7-9-20/h3-9,15,18H,10-14H2,1-2H3,(H,28,32)(H,26,27,29,30). The second-order valence-electron chi connectivity index (χ2n) is 8.09. The number of carbonyl (C=O) groups is 1. The second-order valence-corrected chi connectivity index (χ2v) is 8.53. The molecule has 0 bridgehead atoms. The topological polar surface area (TPSA) is 92.3 Å². The summed E-state index contributed by atoms with van der Waals surface area (Å²) in [5, 5.41) is 6.79. The van der Waals surface area contributed by atoms with Crippen LogP contribution in [-0.2, 0) is 4.79 Å². The van der Waals surface area contributed by atoms with Crippen LogP contribution in [0.15, 0.2) is 48.8 Å². The first-order valence-corrected chi connectivity index (χ1v) is 11.3. The first-order chi connectivity index (χ1) is 16.0. The molecule has 1 aromatic heterocycles. The van der Waals surface area contributed by atoms with Crippen molar-refractivity contribution in [1.29, 1.82) is 0 Å². The van der Waals surface area contributed by atoms with E-state index < -0.39 is 0 Å². The van der Waals surface area contributed by atoms with Crippen molar-refractivity contribution >= 4 is 40.8 Å². The van der Waals surface area contributed by atoms with Crippen LogP contribution in [0.5, 0.6) is 5.75 Å². The van der Waals surface area contributed by atoms with Crippen molar-refractivity contribution in [1.82, 2.24) is 15.0 Å². The largest absolute Gasteiger partial charge is 0.493 e. The van der Waals surface area contributed by atoms with Gasteiger partial charge in [0.05, 0.1) is 6.61 Å². The normalized spacial score (nSPS) is 14.1. The Balaban J connectivity index is 1.34. The van der Waals surface area contributed by atoms with Gasteiger partial charge in [0.15, 0.2) is 0 Å². The van der Waals surface area contributed by atoms with Gasteiger partial charge in [-0.3, -0.25) is 4.79 Å². The van der Waals surface area contributed by atoms with Crippen LogP contribution < -0.4 is 20.3 Å². The van der Waals surface area contributed by atoms with Crippen molar-refractivity contribution in [3.63, 3.8) is 0 Å². The molecule has 33 heavy (non-hydrogen) atoms. The minimum absolute atomic E-state index is 0.111. The van der Waals surface area contributed by atoms with Gasteiger partial charge in [0.2, 0.25) is 17.8 Å². The lowest BCUT2D eigenvalue weighted by molar-refractivity contribution is -0.114. The summed E-state index contributed by atoms with van der Waals surface area (Å²) in [7, 11) is 0. The number of halogens is 1. The zero-order valence-electron chi connectivity index (χ0n) is 18.7. The fourth-order valence-electron chi connectivity index (χ4n) is 3.76. The third-order valence-electron chi connectivity index (χ3n) is 5.65. The van der Waals surface area contributed by atoms with Crippen molar-refractivity contribution in [2.45, 2.75) is 26.7 Å². The summed E-state index contributed by atoms with van der Waals surface area (Å²) in [4.78, 5) is 26.8. The van der Waals surface area contributed by atoms with Crippen LogP contribution in [0.1, 0.15) is 25.3 Å². The van der Waals surface area contributed by atoms with Gasteiger partial charge < -0.3 is 20.3 Å². The fourth-order valence-corrected chi connectivity index (χ4v) is 3.89. The minimum Gasteiger partial charge on any atom is -0.493 e. The number of carbonyl (C=O) groups excluding carboxylic acids is 1. The van der Waals surface area contributed by atoms with Crippen LogP contribution >= 0.6 is 11.6 Å². The number of rotatable bonds is 7. The summed E-state index contributed by atoms with van der Waals surface area (Å²) in [5.41, 5.74) is 2.50. The van der Waals surface area contributed by atoms with Crippen molar-refractivity contribution in [2.24, 2.45) is 5.92 Å². The molecule has 172 valence electrons. The number of hydrogen-bond donors (Lipinski definition) is 2. The molecule has 1 amide bonds. The van der Waals surface area contributed by atoms with Crippen LogP contribution in [0, 0.1) is 12.8 Å². The summed E-state index contributed by atoms with van der Waals surface area (Å²) in [6.07, 6.45) is 3.52. The number of amides is 1. The maximum atomic E-state index is 11.4. The van der Waals surface area contributed by atoms with Crippen molar-refractivity contribution in [2.75, 3.05) is 35.2 Å². The van der Waals surface area contributed by atoms with E-state index in [1.165, 1.54) is 13.3 Å². The van der Waals surface area contributed by atoms with Crippen LogP contribution in [0.4, 0.5) is 23.3 Å². The van der Waals surface area contributed by atoms with Crippen molar-refractivity contribution in [3.05, 3.63) is 59.4 Å². The van der Waals surface area contributed by atoms with Gasteiger partial charge in [-0.1, -0.05) is 17.7 Å². The number of aromatic nitrogens is 3. The van der Waals surface area contributed by atoms with Gasteiger partial charge >= 0.3 is 0 Å². The Labute approximate surface area is 198 Å². The molecule has 1 aliphatic heterocycles. The number of benzene rings is 2. The number of nitrogens with one attached hydrogen (secondary N) is 2. The molecule has 0 aliphatic carbocycles. The van der Waals surface area contributed by atoms with Crippen molar-refractivity contribution in [3.8, 4) is 5.75 Å². The van der Waals surface area contributed by atoms with Gasteiger partial charge in [-0.2, -0.15) is 4.98 Å². The second kappa shape index (κ2) is 10.5. The number of nitrogens with zero attached hydrogens (tertiary/aromatic N) is 4. The Bertz CT molecular complexity index is 1100.